The Balaban J connectivity index is 2.83. The molecular weight excluding hydrogens is 232 g/mol. The number of halogens is 1. The minimum Gasteiger partial charge on any atom is -0.496 e. The number of rotatable bonds is 3. The average molecular weight is 245 g/mol. The zero-order valence-electron chi connectivity index (χ0n) is 7.75. The summed E-state index contributed by atoms with van der Waals surface area (Å²) in [6.07, 6.45) is 0.364. The molecule has 0 amide bonds. The quantitative estimate of drug-likeness (QED) is 0.885. The van der Waals surface area contributed by atoms with Gasteiger partial charge < -0.3 is 9.84 Å². The Labute approximate surface area is 86.7 Å². The van der Waals surface area contributed by atoms with E-state index >= 15 is 0 Å². The molecule has 0 heterocycles. The van der Waals surface area contributed by atoms with Crippen LogP contribution in [0.3, 0.4) is 0 Å². The monoisotopic (exact) mass is 244 g/mol. The van der Waals surface area contributed by atoms with Crippen LogP contribution in [-0.2, 0) is 6.42 Å². The van der Waals surface area contributed by atoms with Gasteiger partial charge in [0.2, 0.25) is 0 Å². The summed E-state index contributed by atoms with van der Waals surface area (Å²) in [7, 11) is 1.63. The summed E-state index contributed by atoms with van der Waals surface area (Å²) < 4.78 is 6.02. The van der Waals surface area contributed by atoms with Crippen molar-refractivity contribution in [2.45, 2.75) is 19.4 Å². The van der Waals surface area contributed by atoms with Gasteiger partial charge in [0.15, 0.2) is 0 Å². The third-order valence-electron chi connectivity index (χ3n) is 1.75. The van der Waals surface area contributed by atoms with Crippen molar-refractivity contribution < 1.29 is 9.84 Å². The molecule has 0 radical (unpaired) electrons. The predicted octanol–water partition coefficient (Wildman–Crippen LogP) is 2.38. The van der Waals surface area contributed by atoms with Gasteiger partial charge in [-0.1, -0.05) is 6.07 Å². The van der Waals surface area contributed by atoms with E-state index < -0.39 is 0 Å². The van der Waals surface area contributed by atoms with Crippen LogP contribution in [-0.4, -0.2) is 18.3 Å². The van der Waals surface area contributed by atoms with Gasteiger partial charge in [0.05, 0.1) is 17.7 Å². The Bertz CT molecular complexity index is 284. The van der Waals surface area contributed by atoms with Crippen molar-refractivity contribution in [1.29, 1.82) is 0 Å². The molecule has 1 aromatic rings. The minimum atomic E-state index is -0.305. The smallest absolute Gasteiger partial charge is 0.133 e. The summed E-state index contributed by atoms with van der Waals surface area (Å²) in [5.41, 5.74) is 1.10. The lowest BCUT2D eigenvalue weighted by Gasteiger charge is -2.07. The summed E-state index contributed by atoms with van der Waals surface area (Å²) in [6, 6.07) is 5.81. The third kappa shape index (κ3) is 3.01. The van der Waals surface area contributed by atoms with Gasteiger partial charge in [-0.2, -0.15) is 0 Å². The maximum absolute atomic E-state index is 9.18. The standard InChI is InChI=1S/C10H13BrO2/c1-7(12)5-8-3-4-10(13-2)9(11)6-8/h3-4,6-7,12H,5H2,1-2H3/t7-/m0/s1. The number of benzene rings is 1. The van der Waals surface area contributed by atoms with E-state index in [2.05, 4.69) is 15.9 Å². The molecule has 0 aromatic heterocycles. The van der Waals surface area contributed by atoms with E-state index in [1.165, 1.54) is 0 Å². The van der Waals surface area contributed by atoms with Crippen molar-refractivity contribution >= 4 is 15.9 Å². The Morgan fingerprint density at radius 2 is 2.23 bits per heavy atom. The highest BCUT2D eigenvalue weighted by Gasteiger charge is 2.03. The van der Waals surface area contributed by atoms with Crippen LogP contribution in [0.25, 0.3) is 0 Å². The van der Waals surface area contributed by atoms with E-state index in [4.69, 9.17) is 4.74 Å². The molecule has 1 N–H and O–H groups in total. The van der Waals surface area contributed by atoms with E-state index in [1.807, 2.05) is 18.2 Å². The zero-order chi connectivity index (χ0) is 9.84. The zero-order valence-corrected chi connectivity index (χ0v) is 9.34. The van der Waals surface area contributed by atoms with Crippen LogP contribution in [0.15, 0.2) is 22.7 Å². The van der Waals surface area contributed by atoms with Crippen LogP contribution < -0.4 is 4.74 Å². The van der Waals surface area contributed by atoms with Crippen molar-refractivity contribution in [3.05, 3.63) is 28.2 Å². The van der Waals surface area contributed by atoms with Gasteiger partial charge in [0.25, 0.3) is 0 Å². The summed E-state index contributed by atoms with van der Waals surface area (Å²) in [5.74, 6) is 0.814. The summed E-state index contributed by atoms with van der Waals surface area (Å²) in [5, 5.41) is 9.18. The molecule has 72 valence electrons. The third-order valence-corrected chi connectivity index (χ3v) is 2.37. The fraction of sp³-hybridized carbons (Fsp3) is 0.400. The van der Waals surface area contributed by atoms with Crippen LogP contribution in [0.4, 0.5) is 0 Å². The Morgan fingerprint density at radius 1 is 1.54 bits per heavy atom. The van der Waals surface area contributed by atoms with Gasteiger partial charge in [0, 0.05) is 0 Å². The van der Waals surface area contributed by atoms with Crippen LogP contribution in [0.5, 0.6) is 5.75 Å². The molecule has 0 aliphatic carbocycles. The summed E-state index contributed by atoms with van der Waals surface area (Å²) in [4.78, 5) is 0. The predicted molar refractivity (Wildman–Crippen MR) is 56.1 cm³/mol. The first-order chi connectivity index (χ1) is 6.13. The van der Waals surface area contributed by atoms with Crippen LogP contribution in [0.1, 0.15) is 12.5 Å². The number of hydrogen-bond acceptors (Lipinski definition) is 2. The first-order valence-corrected chi connectivity index (χ1v) is 4.93. The van der Waals surface area contributed by atoms with E-state index in [0.717, 1.165) is 15.8 Å². The Morgan fingerprint density at radius 3 is 2.69 bits per heavy atom. The SMILES string of the molecule is COc1ccc(C[C@H](C)O)cc1Br. The molecule has 0 unspecified atom stereocenters. The maximum atomic E-state index is 9.18. The first-order valence-electron chi connectivity index (χ1n) is 4.14. The molecule has 1 rings (SSSR count). The summed E-state index contributed by atoms with van der Waals surface area (Å²) in [6.45, 7) is 1.78. The average Bonchev–Trinajstić information content (AvgIpc) is 2.03. The summed E-state index contributed by atoms with van der Waals surface area (Å²) >= 11 is 3.39. The van der Waals surface area contributed by atoms with Crippen molar-refractivity contribution in [2.75, 3.05) is 7.11 Å². The van der Waals surface area contributed by atoms with Crippen molar-refractivity contribution in [1.82, 2.24) is 0 Å². The van der Waals surface area contributed by atoms with E-state index in [9.17, 15) is 5.11 Å². The van der Waals surface area contributed by atoms with Gasteiger partial charge >= 0.3 is 0 Å². The van der Waals surface area contributed by atoms with Gasteiger partial charge in [-0.15, -0.1) is 0 Å². The second-order valence-corrected chi connectivity index (χ2v) is 3.88. The fourth-order valence-electron chi connectivity index (χ4n) is 1.18. The molecule has 0 fully saturated rings. The second-order valence-electron chi connectivity index (χ2n) is 3.02. The van der Waals surface area contributed by atoms with E-state index in [0.29, 0.717) is 6.42 Å². The van der Waals surface area contributed by atoms with Gasteiger partial charge in [0.1, 0.15) is 5.75 Å². The van der Waals surface area contributed by atoms with Crippen molar-refractivity contribution in [3.8, 4) is 5.75 Å². The first kappa shape index (κ1) is 10.5. The number of aliphatic hydroxyl groups is 1. The van der Waals surface area contributed by atoms with E-state index in [-0.39, 0.29) is 6.10 Å². The molecule has 13 heavy (non-hydrogen) atoms. The molecule has 2 nitrogen and oxygen atoms in total. The Kier molecular flexibility index (Phi) is 3.75. The van der Waals surface area contributed by atoms with Crippen molar-refractivity contribution in [2.24, 2.45) is 0 Å². The second kappa shape index (κ2) is 4.63. The van der Waals surface area contributed by atoms with Gasteiger partial charge in [-0.05, 0) is 47.0 Å². The molecular formula is C10H13BrO2. The number of methoxy groups -OCH3 is 1. The fourth-order valence-corrected chi connectivity index (χ4v) is 1.77. The number of hydrogen-bond donors (Lipinski definition) is 1. The molecule has 1 aromatic carbocycles. The molecule has 0 saturated heterocycles. The van der Waals surface area contributed by atoms with Crippen LogP contribution >= 0.6 is 15.9 Å². The molecule has 0 bridgehead atoms. The molecule has 0 saturated carbocycles. The highest BCUT2D eigenvalue weighted by Crippen LogP contribution is 2.25. The molecule has 3 heteroatoms. The molecule has 0 aliphatic heterocycles. The highest BCUT2D eigenvalue weighted by atomic mass is 79.9. The molecule has 0 aliphatic rings. The maximum Gasteiger partial charge on any atom is 0.133 e. The largest absolute Gasteiger partial charge is 0.496 e. The molecule has 0 spiro atoms. The van der Waals surface area contributed by atoms with E-state index in [1.54, 1.807) is 14.0 Å². The van der Waals surface area contributed by atoms with Crippen LogP contribution in [0, 0.1) is 0 Å². The molecule has 1 atom stereocenters. The lowest BCUT2D eigenvalue weighted by molar-refractivity contribution is 0.195. The lowest BCUT2D eigenvalue weighted by atomic mass is 10.1. The van der Waals surface area contributed by atoms with Crippen LogP contribution in [0.2, 0.25) is 0 Å². The topological polar surface area (TPSA) is 29.5 Å². The lowest BCUT2D eigenvalue weighted by Crippen LogP contribution is -2.03. The highest BCUT2D eigenvalue weighted by molar-refractivity contribution is 9.10. The minimum absolute atomic E-state index is 0.305. The Hall–Kier alpha value is -0.540. The normalized spacial score (nSPS) is 12.6. The van der Waals surface area contributed by atoms with Crippen molar-refractivity contribution in [3.63, 3.8) is 0 Å². The number of ether oxygens (including phenoxy) is 1. The van der Waals surface area contributed by atoms with Gasteiger partial charge in [-0.3, -0.25) is 0 Å². The number of aliphatic hydroxyl groups excluding tert-OH is 1. The van der Waals surface area contributed by atoms with Gasteiger partial charge in [-0.25, -0.2) is 0 Å².